The van der Waals surface area contributed by atoms with Gasteiger partial charge in [0.2, 0.25) is 11.8 Å². The molecule has 11 nitrogen and oxygen atoms in total. The van der Waals surface area contributed by atoms with Gasteiger partial charge in [0, 0.05) is 32.0 Å². The van der Waals surface area contributed by atoms with Gasteiger partial charge in [0.1, 0.15) is 12.1 Å². The minimum Gasteiger partial charge on any atom is -0.480 e. The Morgan fingerprint density at radius 2 is 1.96 bits per heavy atom. The van der Waals surface area contributed by atoms with Crippen molar-refractivity contribution in [3.05, 3.63) is 11.8 Å². The molecule has 2 amide bonds. The number of primary amides is 1. The Morgan fingerprint density at radius 1 is 1.31 bits per heavy atom. The molecule has 26 heavy (non-hydrogen) atoms. The number of hydroxylamine groups is 1. The lowest BCUT2D eigenvalue weighted by molar-refractivity contribution is -0.153. The number of hydrogen-bond acceptors (Lipinski definition) is 8. The summed E-state index contributed by atoms with van der Waals surface area (Å²) in [6, 6.07) is -2.13. The van der Waals surface area contributed by atoms with E-state index in [2.05, 4.69) is 27.3 Å². The van der Waals surface area contributed by atoms with Crippen LogP contribution in [0.1, 0.15) is 32.6 Å². The third kappa shape index (κ3) is 10.9. The number of hydrogen-bond donors (Lipinski definition) is 5. The lowest BCUT2D eigenvalue weighted by Gasteiger charge is -2.15. The van der Waals surface area contributed by atoms with Crippen LogP contribution in [0, 0.1) is 0 Å². The number of aliphatic carboxylic acids is 1. The van der Waals surface area contributed by atoms with Gasteiger partial charge in [-0.15, -0.1) is 0 Å². The predicted molar refractivity (Wildman–Crippen MR) is 92.6 cm³/mol. The Labute approximate surface area is 150 Å². The highest BCUT2D eigenvalue weighted by Crippen LogP contribution is 2.05. The van der Waals surface area contributed by atoms with Crippen LogP contribution in [0.4, 0.5) is 0 Å². The first kappa shape index (κ1) is 23.2. The van der Waals surface area contributed by atoms with Crippen LogP contribution < -0.4 is 22.3 Å². The molecule has 0 spiro atoms. The number of carbonyl (C=O) groups is 4. The first-order chi connectivity index (χ1) is 12.2. The molecule has 146 valence electrons. The maximum Gasteiger partial charge on any atom is 0.341 e. The molecule has 0 saturated heterocycles. The molecule has 0 heterocycles. The second-order valence-corrected chi connectivity index (χ2v) is 5.50. The van der Waals surface area contributed by atoms with Crippen molar-refractivity contribution in [3.63, 3.8) is 0 Å². The highest BCUT2D eigenvalue weighted by atomic mass is 16.7. The topological polar surface area (TPSA) is 186 Å². The van der Waals surface area contributed by atoms with E-state index in [4.69, 9.17) is 16.6 Å². The van der Waals surface area contributed by atoms with E-state index in [9.17, 15) is 19.2 Å². The molecule has 0 saturated carbocycles. The summed E-state index contributed by atoms with van der Waals surface area (Å²) < 4.78 is 0. The molecule has 0 fully saturated rings. The van der Waals surface area contributed by atoms with Gasteiger partial charge in [-0.25, -0.2) is 9.59 Å². The lowest BCUT2D eigenvalue weighted by Crippen LogP contribution is -2.42. The van der Waals surface area contributed by atoms with Gasteiger partial charge in [-0.05, 0) is 20.1 Å². The average molecular weight is 371 g/mol. The quantitative estimate of drug-likeness (QED) is 0.148. The average Bonchev–Trinajstić information content (AvgIpc) is 2.55. The first-order valence-electron chi connectivity index (χ1n) is 7.78. The van der Waals surface area contributed by atoms with Crippen molar-refractivity contribution >= 4 is 30.5 Å². The van der Waals surface area contributed by atoms with Crippen molar-refractivity contribution in [2.45, 2.75) is 44.7 Å². The van der Waals surface area contributed by atoms with Crippen LogP contribution in [-0.4, -0.2) is 54.2 Å². The number of rotatable bonds is 13. The zero-order valence-electron chi connectivity index (χ0n) is 14.6. The van der Waals surface area contributed by atoms with Crippen LogP contribution in [0.15, 0.2) is 16.8 Å². The van der Waals surface area contributed by atoms with E-state index < -0.39 is 35.8 Å². The van der Waals surface area contributed by atoms with Gasteiger partial charge < -0.3 is 26.7 Å². The molecular weight excluding hydrogens is 346 g/mol. The zero-order chi connectivity index (χ0) is 20.1. The molecule has 0 aromatic carbocycles. The van der Waals surface area contributed by atoms with Gasteiger partial charge in [0.05, 0.1) is 0 Å². The number of amides is 2. The molecule has 0 radical (unpaired) electrons. The molecule has 7 N–H and O–H groups in total. The van der Waals surface area contributed by atoms with Gasteiger partial charge in [-0.3, -0.25) is 14.6 Å². The van der Waals surface area contributed by atoms with Crippen molar-refractivity contribution in [3.8, 4) is 0 Å². The number of nitrogens with one attached hydrogen (secondary N) is 2. The van der Waals surface area contributed by atoms with E-state index >= 15 is 0 Å². The van der Waals surface area contributed by atoms with Crippen molar-refractivity contribution in [1.29, 1.82) is 0 Å². The fourth-order valence-corrected chi connectivity index (χ4v) is 1.78. The molecule has 0 aliphatic rings. The molecule has 0 aliphatic carbocycles. The number of carboxylic acid groups (broad SMARTS) is 1. The van der Waals surface area contributed by atoms with E-state index in [1.165, 1.54) is 6.20 Å². The van der Waals surface area contributed by atoms with E-state index in [-0.39, 0.29) is 32.2 Å². The fourth-order valence-electron chi connectivity index (χ4n) is 1.78. The summed E-state index contributed by atoms with van der Waals surface area (Å²) in [4.78, 5) is 53.2. The lowest BCUT2D eigenvalue weighted by atomic mass is 10.1. The van der Waals surface area contributed by atoms with E-state index in [0.717, 1.165) is 0 Å². The van der Waals surface area contributed by atoms with Gasteiger partial charge >= 0.3 is 11.9 Å². The second-order valence-electron chi connectivity index (χ2n) is 5.50. The van der Waals surface area contributed by atoms with Crippen molar-refractivity contribution in [2.75, 3.05) is 6.54 Å². The van der Waals surface area contributed by atoms with Gasteiger partial charge in [0.25, 0.3) is 0 Å². The number of carboxylic acids is 1. The van der Waals surface area contributed by atoms with Crippen molar-refractivity contribution in [2.24, 2.45) is 16.5 Å². The maximum atomic E-state index is 11.8. The molecule has 11 heteroatoms. The second kappa shape index (κ2) is 12.6. The van der Waals surface area contributed by atoms with Crippen LogP contribution in [0.2, 0.25) is 0 Å². The Balaban J connectivity index is 4.18. The Hall–Kier alpha value is -2.79. The molecule has 1 unspecified atom stereocenters. The number of nitrogens with two attached hydrogens (primary N) is 2. The number of aliphatic imine (C=N–C) groups is 1. The summed E-state index contributed by atoms with van der Waals surface area (Å²) in [5.74, 6) is -3.11. The number of carbonyl (C=O) groups excluding carboxylic acids is 3. The van der Waals surface area contributed by atoms with Crippen molar-refractivity contribution in [1.82, 2.24) is 10.8 Å². The highest BCUT2D eigenvalue weighted by Gasteiger charge is 2.20. The third-order valence-electron chi connectivity index (χ3n) is 3.10. The molecule has 0 rings (SSSR count). The van der Waals surface area contributed by atoms with E-state index in [1.54, 1.807) is 6.92 Å². The molecule has 0 aromatic rings. The van der Waals surface area contributed by atoms with Gasteiger partial charge in [0.15, 0.2) is 0 Å². The SMILES string of the molecule is C=N/C=C(\C)C[C@H](NC(=O)CCNOC(=O)C(N)CCC(N)=O)C(=O)O. The first-order valence-corrected chi connectivity index (χ1v) is 7.78. The van der Waals surface area contributed by atoms with Crippen LogP contribution >= 0.6 is 0 Å². The predicted octanol–water partition coefficient (Wildman–Crippen LogP) is -1.42. The summed E-state index contributed by atoms with van der Waals surface area (Å²) >= 11 is 0. The zero-order valence-corrected chi connectivity index (χ0v) is 14.6. The minimum absolute atomic E-state index is 0.0447. The summed E-state index contributed by atoms with van der Waals surface area (Å²) in [5.41, 5.74) is 13.3. The summed E-state index contributed by atoms with van der Waals surface area (Å²) in [6.45, 7) is 4.89. The van der Waals surface area contributed by atoms with Crippen LogP contribution in [0.3, 0.4) is 0 Å². The van der Waals surface area contributed by atoms with Crippen LogP contribution in [0.5, 0.6) is 0 Å². The smallest absolute Gasteiger partial charge is 0.341 e. The maximum absolute atomic E-state index is 11.8. The molecular formula is C15H25N5O6. The molecule has 0 bridgehead atoms. The summed E-state index contributed by atoms with van der Waals surface area (Å²) in [6.07, 6.45) is 1.35. The van der Waals surface area contributed by atoms with Gasteiger partial charge in [-0.1, -0.05) is 5.57 Å². The summed E-state index contributed by atoms with van der Waals surface area (Å²) in [5, 5.41) is 11.5. The highest BCUT2D eigenvalue weighted by molar-refractivity contribution is 5.83. The van der Waals surface area contributed by atoms with Crippen molar-refractivity contribution < 1.29 is 29.1 Å². The number of nitrogens with zero attached hydrogens (tertiary/aromatic N) is 1. The van der Waals surface area contributed by atoms with E-state index in [1.807, 2.05) is 0 Å². The monoisotopic (exact) mass is 371 g/mol. The molecule has 2 atom stereocenters. The minimum atomic E-state index is -1.19. The summed E-state index contributed by atoms with van der Waals surface area (Å²) in [7, 11) is 0. The fraction of sp³-hybridized carbons (Fsp3) is 0.533. The Morgan fingerprint density at radius 3 is 2.50 bits per heavy atom. The van der Waals surface area contributed by atoms with E-state index in [0.29, 0.717) is 5.57 Å². The third-order valence-corrected chi connectivity index (χ3v) is 3.10. The Kier molecular flexibility index (Phi) is 11.2. The Bertz CT molecular complexity index is 563. The molecule has 0 aliphatic heterocycles. The molecule has 0 aromatic heterocycles. The van der Waals surface area contributed by atoms with Gasteiger partial charge in [-0.2, -0.15) is 5.48 Å². The van der Waals surface area contributed by atoms with Crippen LogP contribution in [-0.2, 0) is 24.0 Å². The van der Waals surface area contributed by atoms with Crippen LogP contribution in [0.25, 0.3) is 0 Å². The normalized spacial score (nSPS) is 13.4. The standard InChI is InChI=1S/C15H25N5O6/c1-9(8-18-2)7-11(14(23)24)20-13(22)5-6-19-26-15(25)10(16)3-4-12(17)21/h8,10-11,19H,2-7,16H2,1H3,(H2,17,21)(H,20,22)(H,23,24)/b9-8+/t10?,11-/m0/s1. The largest absolute Gasteiger partial charge is 0.480 e.